The molecular formula is C34H32O12S2. The minimum atomic E-state index is -4.64. The van der Waals surface area contributed by atoms with Gasteiger partial charge in [-0.3, -0.25) is 8.37 Å². The van der Waals surface area contributed by atoms with Crippen molar-refractivity contribution in [3.63, 3.8) is 0 Å². The summed E-state index contributed by atoms with van der Waals surface area (Å²) in [6, 6.07) is 26.7. The molecule has 4 aromatic carbocycles. The number of benzene rings is 4. The maximum atomic E-state index is 13.4. The van der Waals surface area contributed by atoms with Crippen molar-refractivity contribution in [2.75, 3.05) is 6.61 Å². The molecule has 14 heteroatoms. The highest BCUT2D eigenvalue weighted by molar-refractivity contribution is 7.87. The minimum absolute atomic E-state index is 0.0431. The van der Waals surface area contributed by atoms with Gasteiger partial charge in [-0.05, 0) is 62.4 Å². The first-order valence-electron chi connectivity index (χ1n) is 14.7. The van der Waals surface area contributed by atoms with E-state index < -0.39 is 69.5 Å². The molecule has 0 unspecified atom stereocenters. The predicted octanol–water partition coefficient (Wildman–Crippen LogP) is 3.95. The van der Waals surface area contributed by atoms with Crippen LogP contribution in [0.3, 0.4) is 0 Å². The summed E-state index contributed by atoms with van der Waals surface area (Å²) >= 11 is 0. The molecule has 48 heavy (non-hydrogen) atoms. The van der Waals surface area contributed by atoms with Gasteiger partial charge in [-0.1, -0.05) is 71.8 Å². The lowest BCUT2D eigenvalue weighted by Gasteiger charge is -2.42. The van der Waals surface area contributed by atoms with Crippen LogP contribution in [0.2, 0.25) is 0 Å². The zero-order chi connectivity index (χ0) is 34.5. The number of carbonyl (C=O) groups is 2. The van der Waals surface area contributed by atoms with Gasteiger partial charge in [0.2, 0.25) is 0 Å². The Bertz CT molecular complexity index is 1930. The Balaban J connectivity index is 1.53. The average Bonchev–Trinajstić information content (AvgIpc) is 3.07. The molecule has 0 aromatic heterocycles. The van der Waals surface area contributed by atoms with Gasteiger partial charge in [-0.25, -0.2) is 9.59 Å². The maximum absolute atomic E-state index is 13.4. The molecule has 0 bridgehead atoms. The minimum Gasteiger partial charge on any atom is -0.452 e. The number of hydrogen-bond donors (Lipinski definition) is 1. The summed E-state index contributed by atoms with van der Waals surface area (Å²) in [4.78, 5) is 26.2. The molecular weight excluding hydrogens is 664 g/mol. The summed E-state index contributed by atoms with van der Waals surface area (Å²) in [5, 5.41) is 11.1. The summed E-state index contributed by atoms with van der Waals surface area (Å²) in [6.45, 7) is 2.69. The molecule has 1 aliphatic heterocycles. The third-order valence-corrected chi connectivity index (χ3v) is 9.98. The smallest absolute Gasteiger partial charge is 0.338 e. The Morgan fingerprint density at radius 2 is 1.06 bits per heavy atom. The highest BCUT2D eigenvalue weighted by atomic mass is 32.2. The fraction of sp³-hybridized carbons (Fsp3) is 0.235. The topological polar surface area (TPSA) is 169 Å². The van der Waals surface area contributed by atoms with Crippen LogP contribution in [0, 0.1) is 13.8 Å². The molecule has 4 aromatic rings. The molecule has 1 N–H and O–H groups in total. The second-order valence-electron chi connectivity index (χ2n) is 10.9. The summed E-state index contributed by atoms with van der Waals surface area (Å²) < 4.78 is 80.7. The molecule has 1 fully saturated rings. The van der Waals surface area contributed by atoms with E-state index in [0.29, 0.717) is 0 Å². The standard InChI is InChI=1S/C34H32O12S2/c1-22-13-17-26(18-14-22)47(38,39)42-21-28-29(44-32(35)24-9-5-3-6-10-24)30(45-33(36)25-11-7-4-8-12-25)31(34(37)43-28)46-48(40,41)27-19-15-23(2)16-20-27/h3-20,28-31,34,37H,21H2,1-2H3/t28-,29-,30+,31-,34+/m1/s1. The number of aliphatic hydroxyl groups excluding tert-OH is 1. The summed E-state index contributed by atoms with van der Waals surface area (Å²) in [5.74, 6) is -1.93. The molecule has 0 radical (unpaired) electrons. The van der Waals surface area contributed by atoms with Crippen LogP contribution in [-0.2, 0) is 42.8 Å². The number of rotatable bonds is 11. The van der Waals surface area contributed by atoms with E-state index in [1.54, 1.807) is 62.4 Å². The molecule has 5 atom stereocenters. The second-order valence-corrected chi connectivity index (χ2v) is 14.1. The highest BCUT2D eigenvalue weighted by Gasteiger charge is 2.53. The van der Waals surface area contributed by atoms with E-state index in [9.17, 15) is 31.5 Å². The maximum Gasteiger partial charge on any atom is 0.338 e. The van der Waals surface area contributed by atoms with Crippen molar-refractivity contribution in [1.82, 2.24) is 0 Å². The van der Waals surface area contributed by atoms with Crippen molar-refractivity contribution in [3.05, 3.63) is 131 Å². The zero-order valence-corrected chi connectivity index (χ0v) is 27.4. The average molecular weight is 697 g/mol. The van der Waals surface area contributed by atoms with Gasteiger partial charge in [0.15, 0.2) is 24.6 Å². The Kier molecular flexibility index (Phi) is 10.7. The Labute approximate surface area is 278 Å². The molecule has 1 heterocycles. The number of ether oxygens (including phenoxy) is 3. The first-order chi connectivity index (χ1) is 22.8. The number of hydrogen-bond acceptors (Lipinski definition) is 12. The lowest BCUT2D eigenvalue weighted by molar-refractivity contribution is -0.277. The number of carbonyl (C=O) groups excluding carboxylic acids is 2. The highest BCUT2D eigenvalue weighted by Crippen LogP contribution is 2.32. The van der Waals surface area contributed by atoms with E-state index in [1.807, 2.05) is 0 Å². The monoisotopic (exact) mass is 696 g/mol. The lowest BCUT2D eigenvalue weighted by atomic mass is 9.98. The molecule has 252 valence electrons. The number of aliphatic hydroxyl groups is 1. The van der Waals surface area contributed by atoms with Crippen LogP contribution in [-0.4, -0.2) is 71.2 Å². The van der Waals surface area contributed by atoms with Crippen molar-refractivity contribution in [2.45, 2.75) is 54.3 Å². The fourth-order valence-electron chi connectivity index (χ4n) is 4.78. The Hall–Kier alpha value is -4.44. The van der Waals surface area contributed by atoms with Gasteiger partial charge in [0, 0.05) is 0 Å². The van der Waals surface area contributed by atoms with Crippen LogP contribution >= 0.6 is 0 Å². The van der Waals surface area contributed by atoms with E-state index in [0.717, 1.165) is 11.1 Å². The van der Waals surface area contributed by atoms with Gasteiger partial charge < -0.3 is 19.3 Å². The summed E-state index contributed by atoms with van der Waals surface area (Å²) in [5.41, 5.74) is 1.67. The molecule has 12 nitrogen and oxygen atoms in total. The number of aryl methyl sites for hydroxylation is 2. The van der Waals surface area contributed by atoms with Gasteiger partial charge in [0.05, 0.1) is 27.5 Å². The molecule has 0 saturated carbocycles. The molecule has 5 rings (SSSR count). The SMILES string of the molecule is Cc1ccc(S(=O)(=O)OC[C@H]2O[C@H](O)[C@H](OS(=O)(=O)c3ccc(C)cc3)[C@@H](OC(=O)c3ccccc3)[C@@H]2OC(=O)c2ccccc2)cc1. The summed E-state index contributed by atoms with van der Waals surface area (Å²) in [6.07, 6.45) is -9.34. The van der Waals surface area contributed by atoms with Crippen molar-refractivity contribution in [2.24, 2.45) is 0 Å². The Morgan fingerprint density at radius 1 is 0.625 bits per heavy atom. The van der Waals surface area contributed by atoms with E-state index in [-0.39, 0.29) is 20.9 Å². The first-order valence-corrected chi connectivity index (χ1v) is 17.5. The van der Waals surface area contributed by atoms with Gasteiger partial charge in [-0.15, -0.1) is 0 Å². The van der Waals surface area contributed by atoms with Crippen LogP contribution < -0.4 is 0 Å². The van der Waals surface area contributed by atoms with Crippen LogP contribution in [0.25, 0.3) is 0 Å². The van der Waals surface area contributed by atoms with Crippen LogP contribution in [0.1, 0.15) is 31.8 Å². The largest absolute Gasteiger partial charge is 0.452 e. The predicted molar refractivity (Wildman–Crippen MR) is 170 cm³/mol. The van der Waals surface area contributed by atoms with E-state index in [2.05, 4.69) is 0 Å². The van der Waals surface area contributed by atoms with Crippen molar-refractivity contribution < 1.29 is 54.1 Å². The third-order valence-electron chi connectivity index (χ3n) is 7.36. The van der Waals surface area contributed by atoms with E-state index >= 15 is 0 Å². The van der Waals surface area contributed by atoms with Gasteiger partial charge >= 0.3 is 11.9 Å². The van der Waals surface area contributed by atoms with E-state index in [1.165, 1.54) is 60.7 Å². The normalized spacial score (nSPS) is 21.3. The van der Waals surface area contributed by atoms with Gasteiger partial charge in [0.25, 0.3) is 20.2 Å². The molecule has 0 amide bonds. The Morgan fingerprint density at radius 3 is 1.54 bits per heavy atom. The summed E-state index contributed by atoms with van der Waals surface area (Å²) in [7, 11) is -9.04. The van der Waals surface area contributed by atoms with Gasteiger partial charge in [-0.2, -0.15) is 16.8 Å². The van der Waals surface area contributed by atoms with Gasteiger partial charge in [0.1, 0.15) is 6.10 Å². The second kappa shape index (κ2) is 14.8. The number of esters is 2. The molecule has 1 saturated heterocycles. The first kappa shape index (κ1) is 34.9. The van der Waals surface area contributed by atoms with Crippen molar-refractivity contribution >= 4 is 32.2 Å². The van der Waals surface area contributed by atoms with E-state index in [4.69, 9.17) is 22.6 Å². The van der Waals surface area contributed by atoms with Crippen molar-refractivity contribution in [3.8, 4) is 0 Å². The third kappa shape index (κ3) is 8.34. The fourth-order valence-corrected chi connectivity index (χ4v) is 6.77. The van der Waals surface area contributed by atoms with Crippen LogP contribution in [0.15, 0.2) is 119 Å². The lowest BCUT2D eigenvalue weighted by Crippen LogP contribution is -2.62. The van der Waals surface area contributed by atoms with Crippen LogP contribution in [0.4, 0.5) is 0 Å². The van der Waals surface area contributed by atoms with Crippen molar-refractivity contribution in [1.29, 1.82) is 0 Å². The van der Waals surface area contributed by atoms with Crippen LogP contribution in [0.5, 0.6) is 0 Å². The molecule has 1 aliphatic rings. The zero-order valence-electron chi connectivity index (χ0n) is 25.7. The molecule has 0 aliphatic carbocycles. The quantitative estimate of drug-likeness (QED) is 0.177. The molecule has 0 spiro atoms.